The largest absolute Gasteiger partial charge is 0.476 e. The van der Waals surface area contributed by atoms with Gasteiger partial charge in [0.2, 0.25) is 0 Å². The van der Waals surface area contributed by atoms with E-state index in [2.05, 4.69) is 10.2 Å². The maximum Gasteiger partial charge on any atom is 0.265 e. The molecule has 0 spiro atoms. The summed E-state index contributed by atoms with van der Waals surface area (Å²) in [4.78, 5) is 18.2. The van der Waals surface area contributed by atoms with Gasteiger partial charge in [-0.2, -0.15) is 0 Å². The van der Waals surface area contributed by atoms with Gasteiger partial charge in [0.15, 0.2) is 11.2 Å². The van der Waals surface area contributed by atoms with Crippen molar-refractivity contribution in [3.8, 4) is 5.75 Å². The number of nitrogens with zero attached hydrogens (tertiary/aromatic N) is 3. The molecule has 1 amide bonds. The fraction of sp³-hybridized carbons (Fsp3) is 0.556. The lowest BCUT2D eigenvalue weighted by molar-refractivity contribution is -0.135. The van der Waals surface area contributed by atoms with Crippen molar-refractivity contribution in [1.29, 1.82) is 0 Å². The van der Waals surface area contributed by atoms with E-state index < -0.39 is 6.10 Å². The molecule has 1 N–H and O–H groups in total. The van der Waals surface area contributed by atoms with Crippen molar-refractivity contribution in [3.05, 3.63) is 24.3 Å². The topological polar surface area (TPSA) is 57.3 Å². The highest BCUT2D eigenvalue weighted by Crippen LogP contribution is 2.33. The van der Waals surface area contributed by atoms with Gasteiger partial charge in [-0.25, -0.2) is 0 Å². The quantitative estimate of drug-likeness (QED) is 0.768. The van der Waals surface area contributed by atoms with E-state index in [1.807, 2.05) is 29.2 Å². The predicted octanol–water partition coefficient (Wildman–Crippen LogP) is 0.549. The first-order valence-corrected chi connectivity index (χ1v) is 9.29. The molecule has 0 aliphatic carbocycles. The highest BCUT2D eigenvalue weighted by Gasteiger charge is 2.33. The van der Waals surface area contributed by atoms with Crippen LogP contribution in [0.1, 0.15) is 0 Å². The Morgan fingerprint density at radius 2 is 2.04 bits per heavy atom. The van der Waals surface area contributed by atoms with E-state index in [0.717, 1.165) is 45.1 Å². The molecule has 7 nitrogen and oxygen atoms in total. The molecule has 1 saturated heterocycles. The zero-order valence-electron chi connectivity index (χ0n) is 15.3. The number of anilines is 1. The van der Waals surface area contributed by atoms with Gasteiger partial charge in [-0.15, -0.1) is 0 Å². The van der Waals surface area contributed by atoms with Crippen LogP contribution < -0.4 is 15.0 Å². The Balaban J connectivity index is 1.64. The molecule has 0 radical (unpaired) electrons. The second kappa shape index (κ2) is 8.66. The van der Waals surface area contributed by atoms with Gasteiger partial charge in [0, 0.05) is 40.3 Å². The van der Waals surface area contributed by atoms with Crippen molar-refractivity contribution >= 4 is 28.9 Å². The number of fused-ring (bicyclic) bond motifs is 1. The Morgan fingerprint density at radius 1 is 1.31 bits per heavy atom. The molecule has 1 fully saturated rings. The molecular formula is C18H26N4O3S. The molecule has 0 bridgehead atoms. The summed E-state index contributed by atoms with van der Waals surface area (Å²) in [5.74, 6) is 0.608. The van der Waals surface area contributed by atoms with Crippen LogP contribution in [0.2, 0.25) is 0 Å². The molecule has 1 aromatic rings. The minimum atomic E-state index is -0.570. The van der Waals surface area contributed by atoms with E-state index >= 15 is 0 Å². The number of amides is 1. The molecule has 1 aromatic carbocycles. The van der Waals surface area contributed by atoms with Crippen molar-refractivity contribution in [2.45, 2.75) is 6.10 Å². The number of hydrogen-bond donors (Lipinski definition) is 1. The van der Waals surface area contributed by atoms with Gasteiger partial charge in [-0.3, -0.25) is 9.69 Å². The molecule has 8 heteroatoms. The van der Waals surface area contributed by atoms with Crippen LogP contribution in [-0.2, 0) is 9.53 Å². The predicted molar refractivity (Wildman–Crippen MR) is 105 cm³/mol. The van der Waals surface area contributed by atoms with Crippen molar-refractivity contribution < 1.29 is 14.3 Å². The fourth-order valence-corrected chi connectivity index (χ4v) is 3.36. The summed E-state index contributed by atoms with van der Waals surface area (Å²) in [7, 11) is 3.46. The number of rotatable bonds is 4. The number of nitrogens with one attached hydrogen (secondary N) is 1. The van der Waals surface area contributed by atoms with Crippen LogP contribution in [0.15, 0.2) is 24.3 Å². The van der Waals surface area contributed by atoms with Gasteiger partial charge < -0.3 is 24.6 Å². The number of carbonyl (C=O) groups is 1. The standard InChI is InChI=1S/C18H26N4O3S/c1-20(2)17(23)16-13-22(14-5-3-4-6-15(14)25-16)18(26)19-7-8-21-9-11-24-12-10-21/h3-6,16H,7-13H2,1-2H3,(H,19,26). The third-order valence-corrected chi connectivity index (χ3v) is 4.91. The van der Waals surface area contributed by atoms with Crippen molar-refractivity contribution in [2.24, 2.45) is 0 Å². The number of morpholine rings is 1. The average molecular weight is 378 g/mol. The number of thiocarbonyl (C=S) groups is 1. The van der Waals surface area contributed by atoms with E-state index in [4.69, 9.17) is 21.7 Å². The van der Waals surface area contributed by atoms with Crippen molar-refractivity contribution in [3.63, 3.8) is 0 Å². The van der Waals surface area contributed by atoms with E-state index in [-0.39, 0.29) is 5.91 Å². The highest BCUT2D eigenvalue weighted by atomic mass is 32.1. The van der Waals surface area contributed by atoms with Crippen LogP contribution in [-0.4, -0.2) is 87.0 Å². The van der Waals surface area contributed by atoms with Crippen LogP contribution >= 0.6 is 12.2 Å². The molecular weight excluding hydrogens is 352 g/mol. The number of benzene rings is 1. The van der Waals surface area contributed by atoms with Gasteiger partial charge in [0.1, 0.15) is 5.75 Å². The van der Waals surface area contributed by atoms with E-state index in [0.29, 0.717) is 17.4 Å². The second-order valence-corrected chi connectivity index (χ2v) is 6.99. The van der Waals surface area contributed by atoms with Crippen LogP contribution in [0.4, 0.5) is 5.69 Å². The summed E-state index contributed by atoms with van der Waals surface area (Å²) in [5, 5.41) is 3.94. The number of ether oxygens (including phenoxy) is 2. The molecule has 1 unspecified atom stereocenters. The van der Waals surface area contributed by atoms with Gasteiger partial charge >= 0.3 is 0 Å². The Bertz CT molecular complexity index is 649. The number of likely N-dealkylation sites (N-methyl/N-ethyl adjacent to an activating group) is 1. The Labute approximate surface area is 159 Å². The molecule has 0 saturated carbocycles. The molecule has 3 rings (SSSR count). The molecule has 2 aliphatic heterocycles. The Morgan fingerprint density at radius 3 is 2.77 bits per heavy atom. The van der Waals surface area contributed by atoms with E-state index in [1.165, 1.54) is 0 Å². The summed E-state index contributed by atoms with van der Waals surface area (Å²) in [5.41, 5.74) is 0.888. The molecule has 1 atom stereocenters. The zero-order chi connectivity index (χ0) is 18.5. The molecule has 0 aromatic heterocycles. The van der Waals surface area contributed by atoms with Gasteiger partial charge in [0.05, 0.1) is 25.4 Å². The van der Waals surface area contributed by atoms with Crippen molar-refractivity contribution in [1.82, 2.24) is 15.1 Å². The minimum Gasteiger partial charge on any atom is -0.476 e. The molecule has 2 heterocycles. The minimum absolute atomic E-state index is 0.0689. The summed E-state index contributed by atoms with van der Waals surface area (Å²) in [6.45, 7) is 5.55. The third kappa shape index (κ3) is 4.44. The Hall–Kier alpha value is -1.90. The number of carbonyl (C=O) groups excluding carboxylic acids is 1. The van der Waals surface area contributed by atoms with Gasteiger partial charge in [-0.05, 0) is 24.4 Å². The lowest BCUT2D eigenvalue weighted by Crippen LogP contribution is -2.53. The smallest absolute Gasteiger partial charge is 0.265 e. The first kappa shape index (κ1) is 18.9. The van der Waals surface area contributed by atoms with Crippen molar-refractivity contribution in [2.75, 3.05) is 64.9 Å². The third-order valence-electron chi connectivity index (χ3n) is 4.54. The average Bonchev–Trinajstić information content (AvgIpc) is 2.67. The van der Waals surface area contributed by atoms with Crippen LogP contribution in [0, 0.1) is 0 Å². The molecule has 2 aliphatic rings. The fourth-order valence-electron chi connectivity index (χ4n) is 3.08. The maximum absolute atomic E-state index is 12.4. The van der Waals surface area contributed by atoms with Gasteiger partial charge in [-0.1, -0.05) is 12.1 Å². The summed E-state index contributed by atoms with van der Waals surface area (Å²) in [6, 6.07) is 7.67. The normalized spacial score (nSPS) is 20.1. The van der Waals surface area contributed by atoms with Crippen LogP contribution in [0.5, 0.6) is 5.75 Å². The van der Waals surface area contributed by atoms with Crippen LogP contribution in [0.3, 0.4) is 0 Å². The maximum atomic E-state index is 12.4. The Kier molecular flexibility index (Phi) is 6.29. The summed E-state index contributed by atoms with van der Waals surface area (Å²) < 4.78 is 11.3. The molecule has 26 heavy (non-hydrogen) atoms. The first-order chi connectivity index (χ1) is 12.6. The molecule has 142 valence electrons. The lowest BCUT2D eigenvalue weighted by atomic mass is 10.2. The van der Waals surface area contributed by atoms with Gasteiger partial charge in [0.25, 0.3) is 5.91 Å². The van der Waals surface area contributed by atoms with E-state index in [1.54, 1.807) is 19.0 Å². The highest BCUT2D eigenvalue weighted by molar-refractivity contribution is 7.80. The zero-order valence-corrected chi connectivity index (χ0v) is 16.1. The summed E-state index contributed by atoms with van der Waals surface area (Å²) >= 11 is 5.61. The van der Waals surface area contributed by atoms with E-state index in [9.17, 15) is 4.79 Å². The van der Waals surface area contributed by atoms with Crippen LogP contribution in [0.25, 0.3) is 0 Å². The number of para-hydroxylation sites is 2. The SMILES string of the molecule is CN(C)C(=O)C1CN(C(=S)NCCN2CCOCC2)c2ccccc2O1. The monoisotopic (exact) mass is 378 g/mol. The second-order valence-electron chi connectivity index (χ2n) is 6.60. The lowest BCUT2D eigenvalue weighted by Gasteiger charge is -2.36. The summed E-state index contributed by atoms with van der Waals surface area (Å²) in [6.07, 6.45) is -0.570. The number of hydrogen-bond acceptors (Lipinski definition) is 5. The first-order valence-electron chi connectivity index (χ1n) is 8.88.